The smallest absolute Gasteiger partial charge is 0.408 e. The van der Waals surface area contributed by atoms with Crippen molar-refractivity contribution >= 4 is 12.1 Å². The third kappa shape index (κ3) is 9.25. The fourth-order valence-corrected chi connectivity index (χ4v) is 5.98. The summed E-state index contributed by atoms with van der Waals surface area (Å²) in [6.45, 7) is 7.80. The highest BCUT2D eigenvalue weighted by atomic mass is 16.6. The van der Waals surface area contributed by atoms with Crippen LogP contribution in [0, 0.1) is 5.92 Å². The van der Waals surface area contributed by atoms with E-state index >= 15 is 0 Å². The van der Waals surface area contributed by atoms with Crippen LogP contribution in [0.3, 0.4) is 0 Å². The molecule has 0 radical (unpaired) electrons. The van der Waals surface area contributed by atoms with Gasteiger partial charge in [-0.1, -0.05) is 92.2 Å². The predicted molar refractivity (Wildman–Crippen MR) is 181 cm³/mol. The molecule has 5 rings (SSSR count). The van der Waals surface area contributed by atoms with Gasteiger partial charge in [0.25, 0.3) is 0 Å². The molecular weight excluding hydrogens is 574 g/mol. The SMILES string of the molecule is CCC1CCC(c2ccc(-c3cnc(-c4ccc(C[C@H](NC(=O)OCc5ccccc5)C(=O)OC(C)(C)C)cc4)nc3)cc2)CC1. The van der Waals surface area contributed by atoms with E-state index in [2.05, 4.69) is 46.5 Å². The lowest BCUT2D eigenvalue weighted by Gasteiger charge is -2.28. The molecule has 46 heavy (non-hydrogen) atoms. The molecule has 1 heterocycles. The van der Waals surface area contributed by atoms with Crippen LogP contribution >= 0.6 is 0 Å². The number of nitrogens with zero attached hydrogens (tertiary/aromatic N) is 2. The second kappa shape index (κ2) is 15.2. The predicted octanol–water partition coefficient (Wildman–Crippen LogP) is 8.67. The Bertz CT molecular complexity index is 1560. The third-order valence-corrected chi connectivity index (χ3v) is 8.64. The summed E-state index contributed by atoms with van der Waals surface area (Å²) < 4.78 is 11.0. The summed E-state index contributed by atoms with van der Waals surface area (Å²) in [5.74, 6) is 1.66. The Balaban J connectivity index is 1.20. The number of alkyl carbamates (subject to hydrolysis) is 1. The molecule has 7 nitrogen and oxygen atoms in total. The van der Waals surface area contributed by atoms with Crippen molar-refractivity contribution in [2.45, 2.75) is 90.4 Å². The van der Waals surface area contributed by atoms with Crippen LogP contribution in [0.4, 0.5) is 4.79 Å². The maximum Gasteiger partial charge on any atom is 0.408 e. The van der Waals surface area contributed by atoms with Crippen LogP contribution in [-0.2, 0) is 27.3 Å². The average molecular weight is 620 g/mol. The molecule has 1 saturated carbocycles. The summed E-state index contributed by atoms with van der Waals surface area (Å²) in [4.78, 5) is 34.9. The van der Waals surface area contributed by atoms with Crippen LogP contribution < -0.4 is 5.32 Å². The first-order valence-electron chi connectivity index (χ1n) is 16.4. The van der Waals surface area contributed by atoms with Crippen molar-refractivity contribution in [1.82, 2.24) is 15.3 Å². The van der Waals surface area contributed by atoms with E-state index in [0.29, 0.717) is 11.7 Å². The van der Waals surface area contributed by atoms with Crippen molar-refractivity contribution in [3.63, 3.8) is 0 Å². The molecule has 7 heteroatoms. The first-order chi connectivity index (χ1) is 22.2. The van der Waals surface area contributed by atoms with Gasteiger partial charge in [0.05, 0.1) is 0 Å². The molecule has 0 bridgehead atoms. The van der Waals surface area contributed by atoms with Crippen LogP contribution in [0.2, 0.25) is 0 Å². The highest BCUT2D eigenvalue weighted by Crippen LogP contribution is 2.37. The normalized spacial score (nSPS) is 17.1. The lowest BCUT2D eigenvalue weighted by molar-refractivity contribution is -0.157. The van der Waals surface area contributed by atoms with Crippen LogP contribution in [-0.4, -0.2) is 33.7 Å². The van der Waals surface area contributed by atoms with E-state index in [9.17, 15) is 9.59 Å². The zero-order valence-electron chi connectivity index (χ0n) is 27.4. The fraction of sp³-hybridized carbons (Fsp3) is 0.385. The van der Waals surface area contributed by atoms with Gasteiger partial charge in [-0.15, -0.1) is 0 Å². The van der Waals surface area contributed by atoms with Gasteiger partial charge in [0.1, 0.15) is 18.2 Å². The molecule has 1 atom stereocenters. The van der Waals surface area contributed by atoms with E-state index < -0.39 is 23.7 Å². The lowest BCUT2D eigenvalue weighted by atomic mass is 9.78. The molecule has 1 aromatic heterocycles. The van der Waals surface area contributed by atoms with Gasteiger partial charge in [-0.3, -0.25) is 0 Å². The largest absolute Gasteiger partial charge is 0.458 e. The number of nitrogens with one attached hydrogen (secondary N) is 1. The van der Waals surface area contributed by atoms with Crippen LogP contribution in [0.15, 0.2) is 91.3 Å². The van der Waals surface area contributed by atoms with Gasteiger partial charge in [-0.2, -0.15) is 0 Å². The van der Waals surface area contributed by atoms with Crippen LogP contribution in [0.1, 0.15) is 82.4 Å². The third-order valence-electron chi connectivity index (χ3n) is 8.64. The Hall–Kier alpha value is -4.52. The number of carbonyl (C=O) groups excluding carboxylic acids is 2. The van der Waals surface area contributed by atoms with Crippen LogP contribution in [0.5, 0.6) is 0 Å². The topological polar surface area (TPSA) is 90.4 Å². The molecule has 3 aromatic carbocycles. The number of rotatable bonds is 10. The number of carbonyl (C=O) groups is 2. The number of ether oxygens (including phenoxy) is 2. The number of amides is 1. The minimum absolute atomic E-state index is 0.104. The van der Waals surface area contributed by atoms with Gasteiger partial charge in [-0.25, -0.2) is 19.6 Å². The summed E-state index contributed by atoms with van der Waals surface area (Å²) in [6.07, 6.45) is 9.83. The molecule has 1 aliphatic rings. The Kier molecular flexibility index (Phi) is 10.8. The molecule has 240 valence electrons. The first kappa shape index (κ1) is 32.9. The summed E-state index contributed by atoms with van der Waals surface area (Å²) in [7, 11) is 0. The van der Waals surface area contributed by atoms with Gasteiger partial charge in [0, 0.05) is 29.9 Å². The Morgan fingerprint density at radius 2 is 1.43 bits per heavy atom. The second-order valence-corrected chi connectivity index (χ2v) is 13.2. The molecular formula is C39H45N3O4. The number of aromatic nitrogens is 2. The van der Waals surface area contributed by atoms with Gasteiger partial charge >= 0.3 is 12.1 Å². The zero-order valence-corrected chi connectivity index (χ0v) is 27.4. The van der Waals surface area contributed by atoms with Crippen molar-refractivity contribution in [2.24, 2.45) is 5.92 Å². The summed E-state index contributed by atoms with van der Waals surface area (Å²) >= 11 is 0. The van der Waals surface area contributed by atoms with Crippen molar-refractivity contribution in [2.75, 3.05) is 0 Å². The number of benzene rings is 3. The summed E-state index contributed by atoms with van der Waals surface area (Å²) in [5, 5.41) is 2.69. The molecule has 1 amide bonds. The molecule has 0 saturated heterocycles. The fourth-order valence-electron chi connectivity index (χ4n) is 5.98. The minimum Gasteiger partial charge on any atom is -0.458 e. The highest BCUT2D eigenvalue weighted by molar-refractivity contribution is 5.82. The monoisotopic (exact) mass is 619 g/mol. The number of hydrogen-bond donors (Lipinski definition) is 1. The zero-order chi connectivity index (χ0) is 32.5. The number of esters is 1. The van der Waals surface area contributed by atoms with Crippen molar-refractivity contribution < 1.29 is 19.1 Å². The summed E-state index contributed by atoms with van der Waals surface area (Å²) in [6, 6.07) is 25.0. The quantitative estimate of drug-likeness (QED) is 0.179. The Labute approximate surface area is 272 Å². The van der Waals surface area contributed by atoms with Gasteiger partial charge in [0.15, 0.2) is 5.82 Å². The van der Waals surface area contributed by atoms with E-state index in [1.54, 1.807) is 20.8 Å². The van der Waals surface area contributed by atoms with E-state index in [1.807, 2.05) is 67.0 Å². The molecule has 1 N–H and O–H groups in total. The average Bonchev–Trinajstić information content (AvgIpc) is 3.07. The first-order valence-corrected chi connectivity index (χ1v) is 16.4. The molecule has 0 spiro atoms. The van der Waals surface area contributed by atoms with Crippen LogP contribution in [0.25, 0.3) is 22.5 Å². The van der Waals surface area contributed by atoms with E-state index in [4.69, 9.17) is 9.47 Å². The van der Waals surface area contributed by atoms with Gasteiger partial charge in [0.2, 0.25) is 0 Å². The molecule has 0 unspecified atom stereocenters. The summed E-state index contributed by atoms with van der Waals surface area (Å²) in [5.41, 5.74) is 5.39. The Morgan fingerprint density at radius 1 is 0.804 bits per heavy atom. The maximum atomic E-state index is 13.0. The van der Waals surface area contributed by atoms with E-state index in [1.165, 1.54) is 37.7 Å². The van der Waals surface area contributed by atoms with Crippen molar-refractivity contribution in [3.8, 4) is 22.5 Å². The second-order valence-electron chi connectivity index (χ2n) is 13.2. The van der Waals surface area contributed by atoms with Crippen molar-refractivity contribution in [1.29, 1.82) is 0 Å². The Morgan fingerprint density at radius 3 is 2.04 bits per heavy atom. The van der Waals surface area contributed by atoms with Gasteiger partial charge < -0.3 is 14.8 Å². The van der Waals surface area contributed by atoms with Gasteiger partial charge in [-0.05, 0) is 80.5 Å². The molecule has 4 aromatic rings. The van der Waals surface area contributed by atoms with Crippen molar-refractivity contribution in [3.05, 3.63) is 108 Å². The van der Waals surface area contributed by atoms with E-state index in [-0.39, 0.29) is 13.0 Å². The standard InChI is InChI=1S/C39H45N3O4/c1-5-27-11-15-30(16-12-27)31-19-21-32(22-20-31)34-24-40-36(41-25-34)33-17-13-28(14-18-33)23-35(37(43)46-39(2,3)4)42-38(44)45-26-29-9-7-6-8-10-29/h6-10,13-14,17-22,24-25,27,30,35H,5,11-12,15-16,23,26H2,1-4H3,(H,42,44)/t27?,30?,35-/m0/s1. The van der Waals surface area contributed by atoms with E-state index in [0.717, 1.165) is 33.7 Å². The highest BCUT2D eigenvalue weighted by Gasteiger charge is 2.28. The molecule has 1 fully saturated rings. The molecule has 1 aliphatic carbocycles. The maximum absolute atomic E-state index is 13.0. The molecule has 0 aliphatic heterocycles. The lowest BCUT2D eigenvalue weighted by Crippen LogP contribution is -2.45. The number of hydrogen-bond acceptors (Lipinski definition) is 6. The minimum atomic E-state index is -0.915.